The van der Waals surface area contributed by atoms with E-state index in [-0.39, 0.29) is 36.0 Å². The van der Waals surface area contributed by atoms with Crippen molar-refractivity contribution in [1.82, 2.24) is 24.8 Å². The molecule has 0 aliphatic carbocycles. The number of rotatable bonds is 3. The van der Waals surface area contributed by atoms with Crippen molar-refractivity contribution < 1.29 is 18.7 Å². The van der Waals surface area contributed by atoms with Gasteiger partial charge in [-0.15, -0.1) is 5.10 Å². The number of hydrogen-bond acceptors (Lipinski definition) is 6. The molecule has 9 nitrogen and oxygen atoms in total. The molecular formula is C24H21FN6O3. The first kappa shape index (κ1) is 21.7. The van der Waals surface area contributed by atoms with E-state index in [4.69, 9.17) is 10.00 Å². The van der Waals surface area contributed by atoms with Gasteiger partial charge in [0.2, 0.25) is 0 Å². The third-order valence-electron chi connectivity index (χ3n) is 6.16. The van der Waals surface area contributed by atoms with Crippen molar-refractivity contribution in [2.24, 2.45) is 0 Å². The standard InChI is InChI=1S/C24H21FN6O3/c25-19-7-5-17(6-8-19)21-14-31-20(15-34-21)22(27-28-31)24(33)30-11-9-29(10-12-30)23(32)18-3-1-16(13-26)2-4-18/h1-8,21H,9-12,14-15H2. The Morgan fingerprint density at radius 2 is 1.62 bits per heavy atom. The third kappa shape index (κ3) is 4.13. The van der Waals surface area contributed by atoms with Gasteiger partial charge in [-0.05, 0) is 42.0 Å². The molecule has 1 atom stereocenters. The Balaban J connectivity index is 1.21. The minimum atomic E-state index is -0.312. The highest BCUT2D eigenvalue weighted by atomic mass is 19.1. The highest BCUT2D eigenvalue weighted by Gasteiger charge is 2.32. The molecule has 1 saturated heterocycles. The number of ether oxygens (including phenoxy) is 1. The second kappa shape index (κ2) is 9.03. The van der Waals surface area contributed by atoms with E-state index in [2.05, 4.69) is 10.3 Å². The van der Waals surface area contributed by atoms with Gasteiger partial charge in [0.25, 0.3) is 11.8 Å². The van der Waals surface area contributed by atoms with Crippen LogP contribution in [0, 0.1) is 17.1 Å². The zero-order chi connectivity index (χ0) is 23.7. The lowest BCUT2D eigenvalue weighted by atomic mass is 10.1. The zero-order valence-electron chi connectivity index (χ0n) is 18.2. The van der Waals surface area contributed by atoms with E-state index in [1.54, 1.807) is 50.9 Å². The first-order valence-corrected chi connectivity index (χ1v) is 10.9. The fraction of sp³-hybridized carbons (Fsp3) is 0.292. The lowest BCUT2D eigenvalue weighted by Crippen LogP contribution is -2.50. The first-order valence-electron chi connectivity index (χ1n) is 10.9. The van der Waals surface area contributed by atoms with Crippen LogP contribution in [0.4, 0.5) is 4.39 Å². The van der Waals surface area contributed by atoms with E-state index in [9.17, 15) is 14.0 Å². The molecule has 2 aliphatic heterocycles. The van der Waals surface area contributed by atoms with Crippen LogP contribution < -0.4 is 0 Å². The van der Waals surface area contributed by atoms with E-state index in [0.29, 0.717) is 49.5 Å². The predicted molar refractivity (Wildman–Crippen MR) is 117 cm³/mol. The van der Waals surface area contributed by atoms with Crippen molar-refractivity contribution in [2.45, 2.75) is 19.3 Å². The summed E-state index contributed by atoms with van der Waals surface area (Å²) in [5.74, 6) is -0.680. The largest absolute Gasteiger partial charge is 0.365 e. The SMILES string of the molecule is N#Cc1ccc(C(=O)N2CCN(C(=O)c3nnn4c3COC(c3ccc(F)cc3)C4)CC2)cc1. The summed E-state index contributed by atoms with van der Waals surface area (Å²) in [5, 5.41) is 17.2. The molecule has 1 aromatic heterocycles. The monoisotopic (exact) mass is 460 g/mol. The number of fused-ring (bicyclic) bond motifs is 1. The molecule has 0 radical (unpaired) electrons. The van der Waals surface area contributed by atoms with Crippen molar-refractivity contribution in [3.63, 3.8) is 0 Å². The quantitative estimate of drug-likeness (QED) is 0.593. The molecule has 1 unspecified atom stereocenters. The molecule has 2 amide bonds. The molecule has 5 rings (SSSR count). The molecule has 0 N–H and O–H groups in total. The number of aromatic nitrogens is 3. The molecule has 34 heavy (non-hydrogen) atoms. The summed E-state index contributed by atoms with van der Waals surface area (Å²) in [6.45, 7) is 2.12. The Bertz CT molecular complexity index is 1260. The number of halogens is 1. The summed E-state index contributed by atoms with van der Waals surface area (Å²) in [7, 11) is 0. The topological polar surface area (TPSA) is 104 Å². The Morgan fingerprint density at radius 3 is 2.26 bits per heavy atom. The maximum Gasteiger partial charge on any atom is 0.276 e. The molecule has 0 bridgehead atoms. The predicted octanol–water partition coefficient (Wildman–Crippen LogP) is 2.16. The molecule has 0 spiro atoms. The third-order valence-corrected chi connectivity index (χ3v) is 6.16. The Labute approximate surface area is 194 Å². The van der Waals surface area contributed by atoms with Gasteiger partial charge in [0.15, 0.2) is 5.69 Å². The summed E-state index contributed by atoms with van der Waals surface area (Å²) < 4.78 is 20.8. The number of hydrogen-bond donors (Lipinski definition) is 0. The summed E-state index contributed by atoms with van der Waals surface area (Å²) >= 11 is 0. The molecule has 3 aromatic rings. The minimum absolute atomic E-state index is 0.127. The van der Waals surface area contributed by atoms with Crippen LogP contribution in [0.2, 0.25) is 0 Å². The van der Waals surface area contributed by atoms with Gasteiger partial charge >= 0.3 is 0 Å². The average Bonchev–Trinajstić information content (AvgIpc) is 3.32. The van der Waals surface area contributed by atoms with E-state index in [1.165, 1.54) is 12.1 Å². The van der Waals surface area contributed by atoms with Crippen LogP contribution in [-0.4, -0.2) is 62.8 Å². The van der Waals surface area contributed by atoms with Gasteiger partial charge in [0.05, 0.1) is 30.5 Å². The van der Waals surface area contributed by atoms with Crippen LogP contribution in [0.1, 0.15) is 43.8 Å². The molecule has 172 valence electrons. The number of amides is 2. The fourth-order valence-corrected chi connectivity index (χ4v) is 4.19. The summed E-state index contributed by atoms with van der Waals surface area (Å²) in [6.07, 6.45) is -0.297. The number of piperazine rings is 1. The van der Waals surface area contributed by atoms with Crippen molar-refractivity contribution in [2.75, 3.05) is 26.2 Å². The number of nitriles is 1. The highest BCUT2D eigenvalue weighted by Crippen LogP contribution is 2.27. The second-order valence-corrected chi connectivity index (χ2v) is 8.19. The average molecular weight is 460 g/mol. The van der Waals surface area contributed by atoms with Crippen LogP contribution in [0.3, 0.4) is 0 Å². The van der Waals surface area contributed by atoms with Gasteiger partial charge in [-0.3, -0.25) is 9.59 Å². The minimum Gasteiger partial charge on any atom is -0.365 e. The van der Waals surface area contributed by atoms with Gasteiger partial charge in [0, 0.05) is 31.7 Å². The number of carbonyl (C=O) groups is 2. The van der Waals surface area contributed by atoms with E-state index >= 15 is 0 Å². The van der Waals surface area contributed by atoms with Gasteiger partial charge in [-0.1, -0.05) is 17.3 Å². The number of carbonyl (C=O) groups excluding carboxylic acids is 2. The molecule has 10 heteroatoms. The molecule has 1 fully saturated rings. The van der Waals surface area contributed by atoms with Gasteiger partial charge in [-0.25, -0.2) is 9.07 Å². The van der Waals surface area contributed by atoms with Crippen molar-refractivity contribution in [1.29, 1.82) is 5.26 Å². The van der Waals surface area contributed by atoms with Crippen molar-refractivity contribution in [3.05, 3.63) is 82.4 Å². The molecular weight excluding hydrogens is 439 g/mol. The Kier molecular flexibility index (Phi) is 5.77. The van der Waals surface area contributed by atoms with Crippen LogP contribution in [0.15, 0.2) is 48.5 Å². The maximum atomic E-state index is 13.2. The summed E-state index contributed by atoms with van der Waals surface area (Å²) in [5.41, 5.74) is 2.71. The number of nitrogens with zero attached hydrogens (tertiary/aromatic N) is 6. The van der Waals surface area contributed by atoms with E-state index in [0.717, 1.165) is 5.56 Å². The molecule has 3 heterocycles. The van der Waals surface area contributed by atoms with Gasteiger partial charge in [-0.2, -0.15) is 5.26 Å². The van der Waals surface area contributed by atoms with Gasteiger partial charge in [0.1, 0.15) is 11.9 Å². The van der Waals surface area contributed by atoms with Crippen LogP contribution >= 0.6 is 0 Å². The first-order chi connectivity index (χ1) is 16.5. The smallest absolute Gasteiger partial charge is 0.276 e. The summed E-state index contributed by atoms with van der Waals surface area (Å²) in [6, 6.07) is 14.7. The fourth-order valence-electron chi connectivity index (χ4n) is 4.19. The van der Waals surface area contributed by atoms with Crippen LogP contribution in [0.5, 0.6) is 0 Å². The van der Waals surface area contributed by atoms with Crippen molar-refractivity contribution in [3.8, 4) is 6.07 Å². The zero-order valence-corrected chi connectivity index (χ0v) is 18.2. The lowest BCUT2D eigenvalue weighted by Gasteiger charge is -2.34. The molecule has 2 aliphatic rings. The van der Waals surface area contributed by atoms with E-state index < -0.39 is 0 Å². The van der Waals surface area contributed by atoms with Crippen molar-refractivity contribution >= 4 is 11.8 Å². The second-order valence-electron chi connectivity index (χ2n) is 8.19. The lowest BCUT2D eigenvalue weighted by molar-refractivity contribution is -0.00206. The number of benzene rings is 2. The maximum absolute atomic E-state index is 13.2. The Hall–Kier alpha value is -4.10. The normalized spacial score (nSPS) is 17.7. The van der Waals surface area contributed by atoms with Crippen LogP contribution in [0.25, 0.3) is 0 Å². The Morgan fingerprint density at radius 1 is 0.971 bits per heavy atom. The van der Waals surface area contributed by atoms with Crippen LogP contribution in [-0.2, 0) is 17.9 Å². The molecule has 2 aromatic carbocycles. The molecule has 0 saturated carbocycles. The summed E-state index contributed by atoms with van der Waals surface area (Å²) in [4.78, 5) is 29.2. The highest BCUT2D eigenvalue weighted by molar-refractivity contribution is 5.95. The van der Waals surface area contributed by atoms with E-state index in [1.807, 2.05) is 6.07 Å². The van der Waals surface area contributed by atoms with Gasteiger partial charge < -0.3 is 14.5 Å².